The number of carbonyl (C=O) groups is 2. The lowest BCUT2D eigenvalue weighted by Crippen LogP contribution is -2.48. The molecule has 0 aliphatic carbocycles. The molecule has 1 aliphatic rings. The number of hydrogen-bond acceptors (Lipinski definition) is 3. The van der Waals surface area contributed by atoms with Crippen LogP contribution in [-0.4, -0.2) is 54.3 Å². The number of nitrogens with zero attached hydrogens (tertiary/aromatic N) is 2. The quantitative estimate of drug-likeness (QED) is 0.549. The number of alkyl halides is 3. The van der Waals surface area contributed by atoms with Gasteiger partial charge in [0, 0.05) is 30.9 Å². The summed E-state index contributed by atoms with van der Waals surface area (Å²) in [5.41, 5.74) is 0.295. The van der Waals surface area contributed by atoms with Crippen LogP contribution in [0.2, 0.25) is 0 Å². The monoisotopic (exact) mass is 471 g/mol. The van der Waals surface area contributed by atoms with Gasteiger partial charge in [0.2, 0.25) is 5.91 Å². The van der Waals surface area contributed by atoms with Crippen molar-refractivity contribution < 1.29 is 27.5 Å². The van der Waals surface area contributed by atoms with Gasteiger partial charge < -0.3 is 19.9 Å². The minimum atomic E-state index is -4.79. The molecule has 1 aliphatic heterocycles. The first kappa shape index (κ1) is 25.3. The van der Waals surface area contributed by atoms with Crippen molar-refractivity contribution in [2.24, 2.45) is 0 Å². The lowest BCUT2D eigenvalue weighted by molar-refractivity contribution is -0.274. The summed E-state index contributed by atoms with van der Waals surface area (Å²) in [7, 11) is 1.65. The van der Waals surface area contributed by atoms with Gasteiger partial charge in [-0.25, -0.2) is 4.79 Å². The zero-order valence-corrected chi connectivity index (χ0v) is 18.5. The zero-order chi connectivity index (χ0) is 23.7. The summed E-state index contributed by atoms with van der Waals surface area (Å²) in [6, 6.07) is 3.71. The summed E-state index contributed by atoms with van der Waals surface area (Å²) in [4.78, 5) is 28.4. The lowest BCUT2D eigenvalue weighted by atomic mass is 10.2. The van der Waals surface area contributed by atoms with Gasteiger partial charge in [0.05, 0.1) is 0 Å². The average Bonchev–Trinajstić information content (AvgIpc) is 3.21. The van der Waals surface area contributed by atoms with E-state index in [1.807, 2.05) is 13.0 Å². The summed E-state index contributed by atoms with van der Waals surface area (Å²) < 4.78 is 40.6. The Balaban J connectivity index is 1.94. The largest absolute Gasteiger partial charge is 0.573 e. The number of benzene rings is 1. The Hall–Kier alpha value is -2.94. The maximum atomic E-state index is 12.8. The van der Waals surface area contributed by atoms with E-state index in [1.54, 1.807) is 31.4 Å². The minimum Gasteiger partial charge on any atom is -0.406 e. The Morgan fingerprint density at radius 2 is 2.00 bits per heavy atom. The molecule has 6 nitrogen and oxygen atoms in total. The standard InChI is InChI=1S/C22H25ClF3N3O3/c1-3-7-16(23)8-4-5-14-28(2)20(30)19-9-6-15-29(19)21(31)27-17-10-12-18(13-11-17)32-22(24,25)26/h3-5,7-8,10-13,19H,6,9,14-15H2,1-2H3,(H,27,31)/b5-4+,7-3-,16-8+/t19-/m1/s1. The molecular formula is C22H25ClF3N3O3. The number of rotatable bonds is 7. The van der Waals surface area contributed by atoms with E-state index in [2.05, 4.69) is 10.1 Å². The van der Waals surface area contributed by atoms with Gasteiger partial charge in [-0.05, 0) is 56.2 Å². The Labute approximate surface area is 190 Å². The summed E-state index contributed by atoms with van der Waals surface area (Å²) in [5.74, 6) is -0.582. The SMILES string of the molecule is C\C=C/C(Cl)=C\C=C\CN(C)C(=O)[C@H]1CCCN1C(=O)Nc1ccc(OC(F)(F)F)cc1. The normalized spacial score (nSPS) is 17.2. The van der Waals surface area contributed by atoms with E-state index < -0.39 is 18.4 Å². The van der Waals surface area contributed by atoms with Crippen molar-refractivity contribution >= 4 is 29.2 Å². The Morgan fingerprint density at radius 3 is 2.62 bits per heavy atom. The third kappa shape index (κ3) is 7.96. The van der Waals surface area contributed by atoms with Crippen molar-refractivity contribution in [2.45, 2.75) is 32.2 Å². The molecule has 1 fully saturated rings. The van der Waals surface area contributed by atoms with E-state index in [9.17, 15) is 22.8 Å². The third-order valence-electron chi connectivity index (χ3n) is 4.61. The number of anilines is 1. The highest BCUT2D eigenvalue weighted by Gasteiger charge is 2.35. The van der Waals surface area contributed by atoms with Gasteiger partial charge in [0.15, 0.2) is 0 Å². The number of carbonyl (C=O) groups excluding carboxylic acids is 2. The highest BCUT2D eigenvalue weighted by molar-refractivity contribution is 6.31. The summed E-state index contributed by atoms with van der Waals surface area (Å²) in [6.07, 6.45) is 5.22. The number of likely N-dealkylation sites (tertiary alicyclic amines) is 1. The number of likely N-dealkylation sites (N-methyl/N-ethyl adjacent to an activating group) is 1. The molecule has 3 amide bonds. The van der Waals surface area contributed by atoms with Crippen LogP contribution >= 0.6 is 11.6 Å². The van der Waals surface area contributed by atoms with Crippen molar-refractivity contribution in [3.63, 3.8) is 0 Å². The lowest BCUT2D eigenvalue weighted by Gasteiger charge is -2.27. The second-order valence-electron chi connectivity index (χ2n) is 7.05. The van der Waals surface area contributed by atoms with E-state index in [1.165, 1.54) is 21.9 Å². The molecule has 32 heavy (non-hydrogen) atoms. The van der Waals surface area contributed by atoms with Crippen LogP contribution in [-0.2, 0) is 4.79 Å². The van der Waals surface area contributed by atoms with Crippen LogP contribution in [0, 0.1) is 0 Å². The average molecular weight is 472 g/mol. The molecule has 1 aromatic carbocycles. The first-order valence-electron chi connectivity index (χ1n) is 9.94. The maximum absolute atomic E-state index is 12.8. The molecule has 0 unspecified atom stereocenters. The van der Waals surface area contributed by atoms with Crippen LogP contribution < -0.4 is 10.1 Å². The molecule has 1 saturated heterocycles. The maximum Gasteiger partial charge on any atom is 0.573 e. The molecule has 0 saturated carbocycles. The Morgan fingerprint density at radius 1 is 1.31 bits per heavy atom. The van der Waals surface area contributed by atoms with Crippen LogP contribution in [0.3, 0.4) is 0 Å². The molecule has 0 spiro atoms. The van der Waals surface area contributed by atoms with Crippen LogP contribution in [0.1, 0.15) is 19.8 Å². The van der Waals surface area contributed by atoms with Gasteiger partial charge >= 0.3 is 12.4 Å². The second-order valence-corrected chi connectivity index (χ2v) is 7.49. The number of hydrogen-bond donors (Lipinski definition) is 1. The molecule has 1 N–H and O–H groups in total. The number of nitrogens with one attached hydrogen (secondary N) is 1. The topological polar surface area (TPSA) is 61.9 Å². The fraction of sp³-hybridized carbons (Fsp3) is 0.364. The molecule has 1 aromatic rings. The first-order valence-corrected chi connectivity index (χ1v) is 10.3. The third-order valence-corrected chi connectivity index (χ3v) is 4.86. The molecule has 10 heteroatoms. The number of halogens is 4. The van der Waals surface area contributed by atoms with Crippen molar-refractivity contribution in [3.05, 3.63) is 59.7 Å². The number of urea groups is 1. The summed E-state index contributed by atoms with van der Waals surface area (Å²) in [6.45, 7) is 2.61. The predicted molar refractivity (Wildman–Crippen MR) is 117 cm³/mol. The molecule has 0 aromatic heterocycles. The van der Waals surface area contributed by atoms with Gasteiger partial charge in [0.25, 0.3) is 0 Å². The molecular weight excluding hydrogens is 447 g/mol. The van der Waals surface area contributed by atoms with E-state index >= 15 is 0 Å². The Kier molecular flexibility index (Phi) is 9.19. The van der Waals surface area contributed by atoms with Gasteiger partial charge in [-0.15, -0.1) is 13.2 Å². The highest BCUT2D eigenvalue weighted by atomic mass is 35.5. The molecule has 1 atom stereocenters. The fourth-order valence-corrected chi connectivity index (χ4v) is 3.34. The van der Waals surface area contributed by atoms with E-state index in [0.717, 1.165) is 12.1 Å². The summed E-state index contributed by atoms with van der Waals surface area (Å²) >= 11 is 5.95. The van der Waals surface area contributed by atoms with Gasteiger partial charge in [-0.2, -0.15) is 0 Å². The second kappa shape index (κ2) is 11.6. The Bertz CT molecular complexity index is 883. The number of allylic oxidation sites excluding steroid dienone is 5. The van der Waals surface area contributed by atoms with Gasteiger partial charge in [0.1, 0.15) is 11.8 Å². The molecule has 2 rings (SSSR count). The van der Waals surface area contributed by atoms with Crippen LogP contribution in [0.15, 0.2) is 59.7 Å². The van der Waals surface area contributed by atoms with E-state index in [4.69, 9.17) is 11.6 Å². The molecule has 174 valence electrons. The van der Waals surface area contributed by atoms with Crippen molar-refractivity contribution in [3.8, 4) is 5.75 Å². The smallest absolute Gasteiger partial charge is 0.406 e. The highest BCUT2D eigenvalue weighted by Crippen LogP contribution is 2.25. The molecule has 0 bridgehead atoms. The summed E-state index contributed by atoms with van der Waals surface area (Å²) in [5, 5.41) is 3.18. The van der Waals surface area contributed by atoms with Crippen molar-refractivity contribution in [1.82, 2.24) is 9.80 Å². The zero-order valence-electron chi connectivity index (χ0n) is 17.7. The number of ether oxygens (including phenoxy) is 1. The number of amides is 3. The molecule has 0 radical (unpaired) electrons. The van der Waals surface area contributed by atoms with E-state index in [-0.39, 0.29) is 11.7 Å². The van der Waals surface area contributed by atoms with Gasteiger partial charge in [-0.1, -0.05) is 29.8 Å². The minimum absolute atomic E-state index is 0.195. The van der Waals surface area contributed by atoms with Crippen molar-refractivity contribution in [2.75, 3.05) is 25.5 Å². The first-order chi connectivity index (χ1) is 15.1. The van der Waals surface area contributed by atoms with Crippen LogP contribution in [0.25, 0.3) is 0 Å². The van der Waals surface area contributed by atoms with Crippen molar-refractivity contribution in [1.29, 1.82) is 0 Å². The van der Waals surface area contributed by atoms with E-state index in [0.29, 0.717) is 36.7 Å². The predicted octanol–water partition coefficient (Wildman–Crippen LogP) is 5.29. The molecule has 1 heterocycles. The van der Waals surface area contributed by atoms with Crippen LogP contribution in [0.5, 0.6) is 5.75 Å². The fourth-order valence-electron chi connectivity index (χ4n) is 3.14. The van der Waals surface area contributed by atoms with Crippen LogP contribution in [0.4, 0.5) is 23.7 Å². The van der Waals surface area contributed by atoms with Gasteiger partial charge in [-0.3, -0.25) is 4.79 Å².